The van der Waals surface area contributed by atoms with E-state index in [2.05, 4.69) is 5.32 Å². The first-order chi connectivity index (χ1) is 16.7. The van der Waals surface area contributed by atoms with Gasteiger partial charge in [0.25, 0.3) is 15.9 Å². The molecular weight excluding hydrogens is 470 g/mol. The Morgan fingerprint density at radius 3 is 2.37 bits per heavy atom. The molecule has 3 rings (SSSR count). The lowest BCUT2D eigenvalue weighted by atomic mass is 10.1. The second-order valence-corrected chi connectivity index (χ2v) is 10.0. The minimum absolute atomic E-state index is 0.0122. The molecule has 0 saturated heterocycles. The van der Waals surface area contributed by atoms with Crippen LogP contribution in [-0.2, 0) is 26.2 Å². The summed E-state index contributed by atoms with van der Waals surface area (Å²) in [5.74, 6) is -0.443. The molecule has 10 heteroatoms. The van der Waals surface area contributed by atoms with Crippen LogP contribution in [0.1, 0.15) is 49.0 Å². The van der Waals surface area contributed by atoms with Crippen molar-refractivity contribution in [3.63, 3.8) is 0 Å². The predicted octanol–water partition coefficient (Wildman–Crippen LogP) is 2.56. The Labute approximate surface area is 206 Å². The second kappa shape index (κ2) is 11.4. The average Bonchev–Trinajstić information content (AvgIpc) is 3.05. The zero-order chi connectivity index (χ0) is 25.6. The van der Waals surface area contributed by atoms with E-state index in [4.69, 9.17) is 4.74 Å². The molecule has 0 spiro atoms. The normalized spacial score (nSPS) is 14.8. The molecule has 0 bridgehead atoms. The van der Waals surface area contributed by atoms with E-state index in [1.807, 2.05) is 26.0 Å². The largest absolute Gasteiger partial charge is 0.497 e. The standard InChI is InChI=1S/C25H31N3O6S/c1-4-21(24(30)26-5-2)27(17-18-12-14-19(34-3)15-13-18)23(29)11-8-16-28-25(31)20-9-6-7-10-22(20)35(28,32)33/h6-7,9-10,12-15,21H,4-5,8,11,16-17H2,1-3H3,(H,26,30)/t21-/m0/s1. The fourth-order valence-corrected chi connectivity index (χ4v) is 5.72. The highest BCUT2D eigenvalue weighted by Gasteiger charge is 2.40. The molecule has 0 aromatic heterocycles. The monoisotopic (exact) mass is 501 g/mol. The van der Waals surface area contributed by atoms with Crippen molar-refractivity contribution in [2.24, 2.45) is 0 Å². The number of benzene rings is 2. The van der Waals surface area contributed by atoms with E-state index in [9.17, 15) is 22.8 Å². The number of sulfonamides is 1. The van der Waals surface area contributed by atoms with E-state index >= 15 is 0 Å². The third-order valence-electron chi connectivity index (χ3n) is 5.91. The highest BCUT2D eigenvalue weighted by Crippen LogP contribution is 2.30. The number of nitrogens with zero attached hydrogens (tertiary/aromatic N) is 2. The zero-order valence-electron chi connectivity index (χ0n) is 20.2. The third kappa shape index (κ3) is 5.64. The molecule has 0 fully saturated rings. The summed E-state index contributed by atoms with van der Waals surface area (Å²) >= 11 is 0. The van der Waals surface area contributed by atoms with Crippen LogP contribution in [0.25, 0.3) is 0 Å². The number of rotatable bonds is 11. The molecule has 1 aliphatic heterocycles. The number of ether oxygens (including phenoxy) is 1. The van der Waals surface area contributed by atoms with Crippen LogP contribution >= 0.6 is 0 Å². The van der Waals surface area contributed by atoms with E-state index < -0.39 is 22.0 Å². The van der Waals surface area contributed by atoms with Crippen LogP contribution in [0.2, 0.25) is 0 Å². The maximum absolute atomic E-state index is 13.3. The quantitative estimate of drug-likeness (QED) is 0.506. The van der Waals surface area contributed by atoms with Crippen LogP contribution < -0.4 is 10.1 Å². The van der Waals surface area contributed by atoms with Gasteiger partial charge in [0.2, 0.25) is 11.8 Å². The fraction of sp³-hybridized carbons (Fsp3) is 0.400. The molecule has 3 amide bonds. The molecule has 1 aliphatic rings. The van der Waals surface area contributed by atoms with Crippen LogP contribution in [0.5, 0.6) is 5.75 Å². The SMILES string of the molecule is CCNC(=O)[C@H](CC)N(Cc1ccc(OC)cc1)C(=O)CCCN1C(=O)c2ccccc2S1(=O)=O. The first-order valence-corrected chi connectivity index (χ1v) is 13.0. The highest BCUT2D eigenvalue weighted by molar-refractivity contribution is 7.90. The Morgan fingerprint density at radius 1 is 1.09 bits per heavy atom. The Bertz CT molecular complexity index is 1180. The van der Waals surface area contributed by atoms with Crippen LogP contribution in [0.15, 0.2) is 53.4 Å². The number of carbonyl (C=O) groups is 3. The zero-order valence-corrected chi connectivity index (χ0v) is 21.0. The smallest absolute Gasteiger partial charge is 0.269 e. The molecule has 2 aromatic carbocycles. The first kappa shape index (κ1) is 26.2. The summed E-state index contributed by atoms with van der Waals surface area (Å²) in [6, 6.07) is 12.6. The van der Waals surface area contributed by atoms with E-state index in [0.29, 0.717) is 18.7 Å². The van der Waals surface area contributed by atoms with Crippen LogP contribution in [0.4, 0.5) is 0 Å². The molecular formula is C25H31N3O6S. The molecule has 0 saturated carbocycles. The summed E-state index contributed by atoms with van der Waals surface area (Å²) in [5.41, 5.74) is 0.969. The summed E-state index contributed by atoms with van der Waals surface area (Å²) in [7, 11) is -2.36. The molecule has 2 aromatic rings. The summed E-state index contributed by atoms with van der Waals surface area (Å²) in [6.07, 6.45) is 0.548. The van der Waals surface area contributed by atoms with Crippen LogP contribution in [0.3, 0.4) is 0 Å². The number of nitrogens with one attached hydrogen (secondary N) is 1. The number of carbonyl (C=O) groups excluding carboxylic acids is 3. The van der Waals surface area contributed by atoms with Crippen LogP contribution in [0, 0.1) is 0 Å². The number of amides is 3. The molecule has 0 radical (unpaired) electrons. The second-order valence-electron chi connectivity index (χ2n) is 8.17. The molecule has 0 aliphatic carbocycles. The molecule has 9 nitrogen and oxygen atoms in total. The van der Waals surface area contributed by atoms with Gasteiger partial charge in [0.1, 0.15) is 16.7 Å². The van der Waals surface area contributed by atoms with Gasteiger partial charge in [-0.05, 0) is 49.6 Å². The van der Waals surface area contributed by atoms with Crippen LogP contribution in [-0.4, -0.2) is 61.6 Å². The minimum Gasteiger partial charge on any atom is -0.497 e. The Hall–Kier alpha value is -3.40. The number of fused-ring (bicyclic) bond motifs is 1. The van der Waals surface area contributed by atoms with Crippen molar-refractivity contribution in [1.29, 1.82) is 0 Å². The van der Waals surface area contributed by atoms with Gasteiger partial charge in [0.05, 0.1) is 12.7 Å². The van der Waals surface area contributed by atoms with Gasteiger partial charge < -0.3 is 15.0 Å². The Morgan fingerprint density at radius 2 is 1.77 bits per heavy atom. The summed E-state index contributed by atoms with van der Waals surface area (Å²) in [4.78, 5) is 40.1. The van der Waals surface area contributed by atoms with E-state index in [0.717, 1.165) is 9.87 Å². The van der Waals surface area contributed by atoms with Crippen molar-refractivity contribution in [2.45, 2.75) is 50.6 Å². The summed E-state index contributed by atoms with van der Waals surface area (Å²) < 4.78 is 31.5. The van der Waals surface area contributed by atoms with Gasteiger partial charge in [-0.2, -0.15) is 0 Å². The fourth-order valence-electron chi connectivity index (χ4n) is 4.11. The van der Waals surface area contributed by atoms with Gasteiger partial charge in [-0.3, -0.25) is 14.4 Å². The van der Waals surface area contributed by atoms with Gasteiger partial charge >= 0.3 is 0 Å². The maximum Gasteiger partial charge on any atom is 0.269 e. The lowest BCUT2D eigenvalue weighted by Crippen LogP contribution is -2.49. The van der Waals surface area contributed by atoms with Crippen molar-refractivity contribution >= 4 is 27.7 Å². The van der Waals surface area contributed by atoms with Gasteiger partial charge in [0, 0.05) is 26.1 Å². The van der Waals surface area contributed by atoms with E-state index in [-0.39, 0.29) is 48.2 Å². The van der Waals surface area contributed by atoms with Crippen molar-refractivity contribution in [2.75, 3.05) is 20.2 Å². The first-order valence-electron chi connectivity index (χ1n) is 11.6. The summed E-state index contributed by atoms with van der Waals surface area (Å²) in [6.45, 7) is 4.18. The molecule has 188 valence electrons. The van der Waals surface area contributed by atoms with E-state index in [1.165, 1.54) is 17.0 Å². The number of methoxy groups -OCH3 is 1. The third-order valence-corrected chi connectivity index (χ3v) is 7.75. The van der Waals surface area contributed by atoms with Crippen molar-refractivity contribution in [1.82, 2.24) is 14.5 Å². The van der Waals surface area contributed by atoms with Crippen molar-refractivity contribution in [3.05, 3.63) is 59.7 Å². The molecule has 0 unspecified atom stereocenters. The highest BCUT2D eigenvalue weighted by atomic mass is 32.2. The molecule has 1 heterocycles. The molecule has 1 N–H and O–H groups in total. The van der Waals surface area contributed by atoms with Gasteiger partial charge in [0.15, 0.2) is 0 Å². The Kier molecular flexibility index (Phi) is 8.50. The van der Waals surface area contributed by atoms with E-state index in [1.54, 1.807) is 31.4 Å². The van der Waals surface area contributed by atoms with Gasteiger partial charge in [-0.1, -0.05) is 31.2 Å². The molecule has 35 heavy (non-hydrogen) atoms. The maximum atomic E-state index is 13.3. The number of hydrogen-bond donors (Lipinski definition) is 1. The van der Waals surface area contributed by atoms with Gasteiger partial charge in [-0.25, -0.2) is 12.7 Å². The lowest BCUT2D eigenvalue weighted by molar-refractivity contribution is -0.141. The minimum atomic E-state index is -3.93. The predicted molar refractivity (Wildman–Crippen MR) is 130 cm³/mol. The van der Waals surface area contributed by atoms with Crippen molar-refractivity contribution < 1.29 is 27.5 Å². The lowest BCUT2D eigenvalue weighted by Gasteiger charge is -2.31. The number of likely N-dealkylation sites (N-methyl/N-ethyl adjacent to an activating group) is 1. The summed E-state index contributed by atoms with van der Waals surface area (Å²) in [5, 5.41) is 2.78. The molecule has 1 atom stereocenters. The number of hydrogen-bond acceptors (Lipinski definition) is 6. The Balaban J connectivity index is 1.73. The average molecular weight is 502 g/mol. The topological polar surface area (TPSA) is 113 Å². The van der Waals surface area contributed by atoms with Crippen molar-refractivity contribution in [3.8, 4) is 5.75 Å². The van der Waals surface area contributed by atoms with Gasteiger partial charge in [-0.15, -0.1) is 0 Å².